The number of anilines is 1. The number of sulfonamides is 1. The summed E-state index contributed by atoms with van der Waals surface area (Å²) in [6.07, 6.45) is 0.760. The standard InChI is InChI=1S/C31H37Cl2N3O8S/c1-19(29(38)21-9-6-10-22(32)15-21)36(31(3,4)5)20(2)44-28(37)12-8-14-43-30(39)24-16-27(45(34,40)41)25(33)17-26(24)35-18-23-11-7-13-42-23/h6-7,9-11,13,15-17,19-20,35H,8,12,14,18H2,1-5H3,(H2,34,40,41)/t19?,20-/m0/s1. The summed E-state index contributed by atoms with van der Waals surface area (Å²) < 4.78 is 40.3. The van der Waals surface area contributed by atoms with Gasteiger partial charge in [-0.05, 0) is 77.4 Å². The fraction of sp³-hybridized carbons (Fsp3) is 0.387. The third-order valence-corrected chi connectivity index (χ3v) is 8.37. The molecule has 2 atom stereocenters. The summed E-state index contributed by atoms with van der Waals surface area (Å²) in [4.78, 5) is 40.3. The van der Waals surface area contributed by atoms with Gasteiger partial charge in [-0.3, -0.25) is 14.5 Å². The topological polar surface area (TPSA) is 158 Å². The molecular weight excluding hydrogens is 645 g/mol. The predicted molar refractivity (Wildman–Crippen MR) is 171 cm³/mol. The minimum absolute atomic E-state index is 0.0845. The third-order valence-electron chi connectivity index (χ3n) is 6.76. The lowest BCUT2D eigenvalue weighted by Crippen LogP contribution is -2.55. The lowest BCUT2D eigenvalue weighted by Gasteiger charge is -2.42. The molecule has 1 aromatic heterocycles. The van der Waals surface area contributed by atoms with Crippen molar-refractivity contribution in [1.82, 2.24) is 4.90 Å². The van der Waals surface area contributed by atoms with Crippen molar-refractivity contribution in [1.29, 1.82) is 0 Å². The molecule has 3 aromatic rings. The van der Waals surface area contributed by atoms with Crippen LogP contribution < -0.4 is 10.5 Å². The molecule has 0 bridgehead atoms. The van der Waals surface area contributed by atoms with Gasteiger partial charge >= 0.3 is 11.9 Å². The predicted octanol–water partition coefficient (Wildman–Crippen LogP) is 6.04. The highest BCUT2D eigenvalue weighted by Gasteiger charge is 2.36. The van der Waals surface area contributed by atoms with Gasteiger partial charge in [-0.1, -0.05) is 35.3 Å². The number of rotatable bonds is 14. The zero-order chi connectivity index (χ0) is 33.5. The first kappa shape index (κ1) is 36.1. The van der Waals surface area contributed by atoms with Gasteiger partial charge in [0.25, 0.3) is 0 Å². The molecule has 0 aliphatic rings. The third kappa shape index (κ3) is 10.0. The largest absolute Gasteiger partial charge is 0.467 e. The van der Waals surface area contributed by atoms with Gasteiger partial charge in [-0.2, -0.15) is 0 Å². The lowest BCUT2D eigenvalue weighted by molar-refractivity contribution is -0.164. The Hall–Kier alpha value is -3.42. The second-order valence-electron chi connectivity index (χ2n) is 11.3. The maximum Gasteiger partial charge on any atom is 0.340 e. The van der Waals surface area contributed by atoms with Gasteiger partial charge in [0.2, 0.25) is 10.0 Å². The van der Waals surface area contributed by atoms with Crippen LogP contribution in [0.2, 0.25) is 10.0 Å². The molecule has 0 amide bonds. The summed E-state index contributed by atoms with van der Waals surface area (Å²) in [5.41, 5.74) is -0.0168. The number of halogens is 2. The van der Waals surface area contributed by atoms with Gasteiger partial charge in [0.05, 0.1) is 41.7 Å². The molecule has 11 nitrogen and oxygen atoms in total. The van der Waals surface area contributed by atoms with E-state index in [1.54, 1.807) is 55.1 Å². The minimum Gasteiger partial charge on any atom is -0.467 e. The second-order valence-corrected chi connectivity index (χ2v) is 13.6. The van der Waals surface area contributed by atoms with Crippen molar-refractivity contribution in [3.63, 3.8) is 0 Å². The Morgan fingerprint density at radius 2 is 1.78 bits per heavy atom. The number of carbonyl (C=O) groups is 3. The molecule has 0 saturated carbocycles. The highest BCUT2D eigenvalue weighted by molar-refractivity contribution is 7.89. The molecule has 1 heterocycles. The Bertz CT molecular complexity index is 1620. The monoisotopic (exact) mass is 681 g/mol. The number of furan rings is 1. The summed E-state index contributed by atoms with van der Waals surface area (Å²) >= 11 is 12.2. The number of ketones is 1. The van der Waals surface area contributed by atoms with E-state index in [2.05, 4.69) is 5.32 Å². The molecule has 3 N–H and O–H groups in total. The van der Waals surface area contributed by atoms with Crippen LogP contribution >= 0.6 is 23.2 Å². The number of Topliss-reactive ketones (excluding diaryl/α,β-unsaturated/α-hetero) is 1. The summed E-state index contributed by atoms with van der Waals surface area (Å²) in [5, 5.41) is 8.50. The summed E-state index contributed by atoms with van der Waals surface area (Å²) in [6.45, 7) is 9.17. The SMILES string of the molecule is CC(C(=O)c1cccc(Cl)c1)N([C@H](C)OC(=O)CCCOC(=O)c1cc(S(N)(=O)=O)c(Cl)cc1NCc1ccco1)C(C)(C)C. The first-order chi connectivity index (χ1) is 21.0. The molecule has 0 spiro atoms. The van der Waals surface area contributed by atoms with E-state index < -0.39 is 44.7 Å². The van der Waals surface area contributed by atoms with Crippen LogP contribution in [0.4, 0.5) is 5.69 Å². The van der Waals surface area contributed by atoms with Crippen LogP contribution in [-0.2, 0) is 30.8 Å². The number of hydrogen-bond donors (Lipinski definition) is 2. The Morgan fingerprint density at radius 3 is 2.38 bits per heavy atom. The molecule has 14 heteroatoms. The average Bonchev–Trinajstić information content (AvgIpc) is 3.46. The van der Waals surface area contributed by atoms with Gasteiger partial charge in [0, 0.05) is 22.5 Å². The van der Waals surface area contributed by atoms with E-state index in [9.17, 15) is 22.8 Å². The number of benzene rings is 2. The van der Waals surface area contributed by atoms with Gasteiger partial charge in [-0.15, -0.1) is 0 Å². The Labute approximate surface area is 273 Å². The highest BCUT2D eigenvalue weighted by atomic mass is 35.5. The molecular formula is C31H37Cl2N3O8S. The molecule has 244 valence electrons. The van der Waals surface area contributed by atoms with Crippen molar-refractivity contribution in [2.75, 3.05) is 11.9 Å². The highest BCUT2D eigenvalue weighted by Crippen LogP contribution is 2.30. The number of esters is 2. The Morgan fingerprint density at radius 1 is 1.07 bits per heavy atom. The van der Waals surface area contributed by atoms with Gasteiger partial charge in [-0.25, -0.2) is 18.4 Å². The zero-order valence-electron chi connectivity index (χ0n) is 25.6. The molecule has 0 aliphatic carbocycles. The number of nitrogens with zero attached hydrogens (tertiary/aromatic N) is 1. The van der Waals surface area contributed by atoms with Crippen molar-refractivity contribution >= 4 is 56.6 Å². The lowest BCUT2D eigenvalue weighted by atomic mass is 9.97. The van der Waals surface area contributed by atoms with E-state index >= 15 is 0 Å². The molecule has 0 radical (unpaired) electrons. The van der Waals surface area contributed by atoms with E-state index in [1.165, 1.54) is 12.3 Å². The van der Waals surface area contributed by atoms with Crippen LogP contribution in [0.1, 0.15) is 73.9 Å². The molecule has 3 rings (SSSR count). The molecule has 2 aromatic carbocycles. The fourth-order valence-electron chi connectivity index (χ4n) is 4.90. The smallest absolute Gasteiger partial charge is 0.340 e. The van der Waals surface area contributed by atoms with Crippen molar-refractivity contribution in [3.8, 4) is 0 Å². The first-order valence-corrected chi connectivity index (χ1v) is 16.4. The molecule has 45 heavy (non-hydrogen) atoms. The van der Waals surface area contributed by atoms with Gasteiger partial charge in [0.15, 0.2) is 12.0 Å². The number of carbonyl (C=O) groups excluding carboxylic acids is 3. The van der Waals surface area contributed by atoms with Gasteiger partial charge in [0.1, 0.15) is 10.7 Å². The van der Waals surface area contributed by atoms with Crippen molar-refractivity contribution in [2.45, 2.75) is 76.7 Å². The van der Waals surface area contributed by atoms with Crippen LogP contribution in [0.5, 0.6) is 0 Å². The number of nitrogens with one attached hydrogen (secondary N) is 1. The summed E-state index contributed by atoms with van der Waals surface area (Å²) in [7, 11) is -4.24. The van der Waals surface area contributed by atoms with Crippen LogP contribution in [0.3, 0.4) is 0 Å². The van der Waals surface area contributed by atoms with E-state index in [1.807, 2.05) is 20.8 Å². The Kier molecular flexibility index (Phi) is 12.2. The number of nitrogens with two attached hydrogens (primary N) is 1. The summed E-state index contributed by atoms with van der Waals surface area (Å²) in [6, 6.07) is 11.7. The van der Waals surface area contributed by atoms with Crippen LogP contribution in [0.15, 0.2) is 64.1 Å². The number of primary sulfonamides is 1. The normalized spacial score (nSPS) is 13.3. The molecule has 0 aliphatic heterocycles. The van der Waals surface area contributed by atoms with Crippen molar-refractivity contribution in [3.05, 3.63) is 81.7 Å². The second kappa shape index (κ2) is 15.2. The number of hydrogen-bond acceptors (Lipinski definition) is 10. The van der Waals surface area contributed by atoms with Gasteiger partial charge < -0.3 is 19.2 Å². The number of ether oxygens (including phenoxy) is 2. The zero-order valence-corrected chi connectivity index (χ0v) is 28.0. The van der Waals surface area contributed by atoms with E-state index in [-0.39, 0.29) is 48.0 Å². The van der Waals surface area contributed by atoms with Crippen molar-refractivity contribution in [2.24, 2.45) is 5.14 Å². The quantitative estimate of drug-likeness (QED) is 0.0888. The van der Waals surface area contributed by atoms with Crippen LogP contribution in [-0.4, -0.2) is 55.5 Å². The first-order valence-electron chi connectivity index (χ1n) is 14.1. The molecule has 0 saturated heterocycles. The maximum absolute atomic E-state index is 13.2. The minimum atomic E-state index is -4.24. The van der Waals surface area contributed by atoms with E-state index in [4.69, 9.17) is 42.2 Å². The van der Waals surface area contributed by atoms with Crippen LogP contribution in [0.25, 0.3) is 0 Å². The average molecular weight is 683 g/mol. The maximum atomic E-state index is 13.2. The summed E-state index contributed by atoms with van der Waals surface area (Å²) in [5.74, 6) is -1.03. The van der Waals surface area contributed by atoms with E-state index in [0.29, 0.717) is 16.3 Å². The van der Waals surface area contributed by atoms with Crippen LogP contribution in [0, 0.1) is 0 Å². The Balaban J connectivity index is 1.62. The molecule has 0 fully saturated rings. The van der Waals surface area contributed by atoms with Crippen molar-refractivity contribution < 1.29 is 36.7 Å². The van der Waals surface area contributed by atoms with E-state index in [0.717, 1.165) is 6.07 Å². The fourth-order valence-corrected chi connectivity index (χ4v) is 6.19. The molecule has 1 unspecified atom stereocenters.